The number of ether oxygens (including phenoxy) is 2. The maximum atomic E-state index is 5.66. The molecule has 1 N–H and O–H groups in total. The molecule has 1 aliphatic rings. The molecule has 1 aromatic carbocycles. The van der Waals surface area contributed by atoms with Crippen LogP contribution in [0.4, 0.5) is 0 Å². The molecule has 3 rings (SSSR count). The summed E-state index contributed by atoms with van der Waals surface area (Å²) in [6.07, 6.45) is 3.59. The van der Waals surface area contributed by atoms with Gasteiger partial charge >= 0.3 is 0 Å². The Balaban J connectivity index is 2.04. The van der Waals surface area contributed by atoms with Gasteiger partial charge in [-0.25, -0.2) is 0 Å². The van der Waals surface area contributed by atoms with Crippen molar-refractivity contribution in [3.63, 3.8) is 0 Å². The van der Waals surface area contributed by atoms with Gasteiger partial charge in [-0.3, -0.25) is 4.98 Å². The SMILES string of the molecule is CNC(c1ccncc1)c1cc2c(cc1Br)OCCO2. The Morgan fingerprint density at radius 3 is 2.45 bits per heavy atom. The molecule has 2 aromatic rings. The largest absolute Gasteiger partial charge is 0.486 e. The van der Waals surface area contributed by atoms with Crippen molar-refractivity contribution >= 4 is 15.9 Å². The minimum absolute atomic E-state index is 0.0724. The molecule has 104 valence electrons. The zero-order valence-electron chi connectivity index (χ0n) is 11.1. The molecule has 1 aliphatic heterocycles. The van der Waals surface area contributed by atoms with E-state index in [2.05, 4.69) is 26.2 Å². The van der Waals surface area contributed by atoms with Gasteiger partial charge in [0.15, 0.2) is 11.5 Å². The van der Waals surface area contributed by atoms with Crippen LogP contribution in [0.2, 0.25) is 0 Å². The normalized spacial score (nSPS) is 14.9. The van der Waals surface area contributed by atoms with Crippen LogP contribution in [0, 0.1) is 0 Å². The van der Waals surface area contributed by atoms with E-state index in [1.165, 1.54) is 0 Å². The van der Waals surface area contributed by atoms with Crippen molar-refractivity contribution in [3.05, 3.63) is 52.3 Å². The number of pyridine rings is 1. The van der Waals surface area contributed by atoms with Gasteiger partial charge in [0.25, 0.3) is 0 Å². The summed E-state index contributed by atoms with van der Waals surface area (Å²) < 4.78 is 12.3. The Morgan fingerprint density at radius 1 is 1.15 bits per heavy atom. The first-order valence-electron chi connectivity index (χ1n) is 6.46. The highest BCUT2D eigenvalue weighted by atomic mass is 79.9. The lowest BCUT2D eigenvalue weighted by molar-refractivity contribution is 0.171. The number of nitrogens with one attached hydrogen (secondary N) is 1. The van der Waals surface area contributed by atoms with Crippen molar-refractivity contribution in [2.75, 3.05) is 20.3 Å². The molecule has 2 heterocycles. The van der Waals surface area contributed by atoms with Crippen LogP contribution in [-0.4, -0.2) is 25.2 Å². The van der Waals surface area contributed by atoms with Gasteiger partial charge in [-0.1, -0.05) is 15.9 Å². The second-order valence-electron chi connectivity index (χ2n) is 4.52. The minimum Gasteiger partial charge on any atom is -0.486 e. The third-order valence-electron chi connectivity index (χ3n) is 3.30. The van der Waals surface area contributed by atoms with E-state index in [-0.39, 0.29) is 6.04 Å². The molecule has 4 nitrogen and oxygen atoms in total. The van der Waals surface area contributed by atoms with Crippen LogP contribution in [0.25, 0.3) is 0 Å². The average molecular weight is 335 g/mol. The zero-order valence-corrected chi connectivity index (χ0v) is 12.7. The van der Waals surface area contributed by atoms with E-state index in [0.29, 0.717) is 13.2 Å². The second kappa shape index (κ2) is 5.81. The van der Waals surface area contributed by atoms with E-state index in [1.54, 1.807) is 12.4 Å². The predicted molar refractivity (Wildman–Crippen MR) is 80.3 cm³/mol. The third-order valence-corrected chi connectivity index (χ3v) is 3.99. The van der Waals surface area contributed by atoms with Crippen LogP contribution in [0.15, 0.2) is 41.1 Å². The number of halogens is 1. The van der Waals surface area contributed by atoms with Gasteiger partial charge in [-0.05, 0) is 42.4 Å². The fraction of sp³-hybridized carbons (Fsp3) is 0.267. The smallest absolute Gasteiger partial charge is 0.162 e. The second-order valence-corrected chi connectivity index (χ2v) is 5.37. The molecule has 20 heavy (non-hydrogen) atoms. The third kappa shape index (κ3) is 2.51. The van der Waals surface area contributed by atoms with Crippen LogP contribution in [0.3, 0.4) is 0 Å². The van der Waals surface area contributed by atoms with Crippen molar-refractivity contribution in [2.24, 2.45) is 0 Å². The summed E-state index contributed by atoms with van der Waals surface area (Å²) in [5.74, 6) is 1.58. The highest BCUT2D eigenvalue weighted by molar-refractivity contribution is 9.10. The molecular formula is C15H15BrN2O2. The van der Waals surface area contributed by atoms with Crippen molar-refractivity contribution in [1.82, 2.24) is 10.3 Å². The van der Waals surface area contributed by atoms with Gasteiger partial charge in [0.1, 0.15) is 13.2 Å². The minimum atomic E-state index is 0.0724. The number of hydrogen-bond donors (Lipinski definition) is 1. The first-order chi connectivity index (χ1) is 9.79. The van der Waals surface area contributed by atoms with E-state index in [0.717, 1.165) is 27.1 Å². The summed E-state index contributed by atoms with van der Waals surface area (Å²) in [6.45, 7) is 1.19. The summed E-state index contributed by atoms with van der Waals surface area (Å²) in [5, 5.41) is 3.33. The molecule has 5 heteroatoms. The maximum absolute atomic E-state index is 5.66. The van der Waals surface area contributed by atoms with E-state index >= 15 is 0 Å². The van der Waals surface area contributed by atoms with E-state index < -0.39 is 0 Å². The number of aromatic nitrogens is 1. The van der Waals surface area contributed by atoms with E-state index in [4.69, 9.17) is 9.47 Å². The fourth-order valence-electron chi connectivity index (χ4n) is 2.36. The van der Waals surface area contributed by atoms with E-state index in [1.807, 2.05) is 31.3 Å². The highest BCUT2D eigenvalue weighted by Gasteiger charge is 2.20. The molecule has 1 unspecified atom stereocenters. The predicted octanol–water partition coefficient (Wildman–Crippen LogP) is 2.92. The van der Waals surface area contributed by atoms with Crippen LogP contribution < -0.4 is 14.8 Å². The standard InChI is InChI=1S/C15H15BrN2O2/c1-17-15(10-2-4-18-5-3-10)11-8-13-14(9-12(11)16)20-7-6-19-13/h2-5,8-9,15,17H,6-7H2,1H3. The molecule has 0 fully saturated rings. The molecule has 0 bridgehead atoms. The first-order valence-corrected chi connectivity index (χ1v) is 7.25. The van der Waals surface area contributed by atoms with Crippen LogP contribution >= 0.6 is 15.9 Å². The number of fused-ring (bicyclic) bond motifs is 1. The van der Waals surface area contributed by atoms with Crippen LogP contribution in [-0.2, 0) is 0 Å². The molecule has 0 saturated heterocycles. The van der Waals surface area contributed by atoms with Gasteiger partial charge in [0.2, 0.25) is 0 Å². The van der Waals surface area contributed by atoms with E-state index in [9.17, 15) is 0 Å². The number of hydrogen-bond acceptors (Lipinski definition) is 4. The number of benzene rings is 1. The Bertz CT molecular complexity index is 604. The molecule has 0 aliphatic carbocycles. The number of nitrogens with zero attached hydrogens (tertiary/aromatic N) is 1. The Kier molecular flexibility index (Phi) is 3.89. The molecule has 1 atom stereocenters. The first kappa shape index (κ1) is 13.4. The average Bonchev–Trinajstić information content (AvgIpc) is 2.49. The van der Waals surface area contributed by atoms with Crippen molar-refractivity contribution in [3.8, 4) is 11.5 Å². The molecule has 0 radical (unpaired) electrons. The van der Waals surface area contributed by atoms with Gasteiger partial charge in [0.05, 0.1) is 6.04 Å². The Morgan fingerprint density at radius 2 is 1.80 bits per heavy atom. The van der Waals surface area contributed by atoms with Gasteiger partial charge < -0.3 is 14.8 Å². The monoisotopic (exact) mass is 334 g/mol. The summed E-state index contributed by atoms with van der Waals surface area (Å²) in [6, 6.07) is 8.08. The number of rotatable bonds is 3. The molecular weight excluding hydrogens is 320 g/mol. The summed E-state index contributed by atoms with van der Waals surface area (Å²) >= 11 is 3.62. The lowest BCUT2D eigenvalue weighted by Crippen LogP contribution is -2.20. The molecule has 0 saturated carbocycles. The van der Waals surface area contributed by atoms with Crippen molar-refractivity contribution in [2.45, 2.75) is 6.04 Å². The summed E-state index contributed by atoms with van der Waals surface area (Å²) in [5.41, 5.74) is 2.27. The lowest BCUT2D eigenvalue weighted by Gasteiger charge is -2.23. The molecule has 0 amide bonds. The van der Waals surface area contributed by atoms with Crippen molar-refractivity contribution in [1.29, 1.82) is 0 Å². The highest BCUT2D eigenvalue weighted by Crippen LogP contribution is 2.39. The van der Waals surface area contributed by atoms with Crippen molar-refractivity contribution < 1.29 is 9.47 Å². The quantitative estimate of drug-likeness (QED) is 0.937. The lowest BCUT2D eigenvalue weighted by atomic mass is 9.99. The summed E-state index contributed by atoms with van der Waals surface area (Å²) in [7, 11) is 1.94. The Labute approximate surface area is 126 Å². The topological polar surface area (TPSA) is 43.4 Å². The van der Waals surface area contributed by atoms with Gasteiger partial charge in [-0.15, -0.1) is 0 Å². The maximum Gasteiger partial charge on any atom is 0.162 e. The zero-order chi connectivity index (χ0) is 13.9. The molecule has 0 spiro atoms. The molecule has 1 aromatic heterocycles. The fourth-order valence-corrected chi connectivity index (χ4v) is 2.91. The van der Waals surface area contributed by atoms with Crippen LogP contribution in [0.1, 0.15) is 17.2 Å². The van der Waals surface area contributed by atoms with Gasteiger partial charge in [-0.2, -0.15) is 0 Å². The summed E-state index contributed by atoms with van der Waals surface area (Å²) in [4.78, 5) is 4.06. The van der Waals surface area contributed by atoms with Crippen LogP contribution in [0.5, 0.6) is 11.5 Å². The Hall–Kier alpha value is -1.59. The van der Waals surface area contributed by atoms with Gasteiger partial charge in [0, 0.05) is 16.9 Å².